The molecule has 0 amide bonds. The van der Waals surface area contributed by atoms with Crippen molar-refractivity contribution in [3.8, 4) is 0 Å². The number of piperidine rings is 1. The van der Waals surface area contributed by atoms with Gasteiger partial charge in [0.25, 0.3) is 0 Å². The van der Waals surface area contributed by atoms with Gasteiger partial charge in [0.1, 0.15) is 0 Å². The average molecular weight is 341 g/mol. The number of halogens is 1. The minimum Gasteiger partial charge on any atom is -0.321 e. The number of aromatic nitrogens is 2. The molecule has 0 spiro atoms. The van der Waals surface area contributed by atoms with E-state index in [9.17, 15) is 0 Å². The van der Waals surface area contributed by atoms with Gasteiger partial charge in [0.05, 0.1) is 22.4 Å². The number of rotatable bonds is 3. The zero-order chi connectivity index (χ0) is 14.2. The molecule has 2 fully saturated rings. The average Bonchev–Trinajstić information content (AvgIpc) is 3.08. The van der Waals surface area contributed by atoms with E-state index in [4.69, 9.17) is 5.73 Å². The molecule has 3 rings (SSSR count). The molecule has 5 heteroatoms. The summed E-state index contributed by atoms with van der Waals surface area (Å²) in [6, 6.07) is 0.0463. The Kier molecular flexibility index (Phi) is 4.20. The molecule has 1 atom stereocenters. The highest BCUT2D eigenvalue weighted by molar-refractivity contribution is 9.10. The fourth-order valence-electron chi connectivity index (χ4n) is 4.17. The molecular formula is C15H25BrN4. The van der Waals surface area contributed by atoms with E-state index in [-0.39, 0.29) is 11.6 Å². The van der Waals surface area contributed by atoms with Crippen LogP contribution in [0.1, 0.15) is 56.7 Å². The maximum Gasteiger partial charge on any atom is 0.0709 e. The molecular weight excluding hydrogens is 316 g/mol. The summed E-state index contributed by atoms with van der Waals surface area (Å²) in [6.07, 6.45) is 10.9. The third-order valence-electron chi connectivity index (χ3n) is 5.27. The molecule has 112 valence electrons. The molecule has 1 saturated carbocycles. The standard InChI is InChI=1S/C15H25BrN4/c1-19-13(12(16)11-18-19)14(17)15(7-3-4-8-15)20-9-5-2-6-10-20/h11,14H,2-10,17H2,1H3. The Balaban J connectivity index is 1.93. The van der Waals surface area contributed by atoms with Crippen LogP contribution in [0.2, 0.25) is 0 Å². The SMILES string of the molecule is Cn1ncc(Br)c1C(N)C1(N2CCCCC2)CCCC1. The zero-order valence-electron chi connectivity index (χ0n) is 12.3. The first-order chi connectivity index (χ1) is 9.65. The van der Waals surface area contributed by atoms with E-state index in [2.05, 4.69) is 25.9 Å². The van der Waals surface area contributed by atoms with Gasteiger partial charge in [-0.05, 0) is 54.7 Å². The third-order valence-corrected chi connectivity index (χ3v) is 5.88. The Morgan fingerprint density at radius 1 is 1.20 bits per heavy atom. The van der Waals surface area contributed by atoms with Gasteiger partial charge < -0.3 is 5.73 Å². The van der Waals surface area contributed by atoms with E-state index >= 15 is 0 Å². The highest BCUT2D eigenvalue weighted by atomic mass is 79.9. The Labute approximate surface area is 129 Å². The van der Waals surface area contributed by atoms with Gasteiger partial charge >= 0.3 is 0 Å². The summed E-state index contributed by atoms with van der Waals surface area (Å²) < 4.78 is 2.99. The van der Waals surface area contributed by atoms with E-state index in [1.807, 2.05) is 17.9 Å². The summed E-state index contributed by atoms with van der Waals surface area (Å²) in [6.45, 7) is 2.42. The fraction of sp³-hybridized carbons (Fsp3) is 0.800. The van der Waals surface area contributed by atoms with E-state index in [1.165, 1.54) is 58.0 Å². The molecule has 20 heavy (non-hydrogen) atoms. The highest BCUT2D eigenvalue weighted by Crippen LogP contribution is 2.45. The molecule has 0 radical (unpaired) electrons. The highest BCUT2D eigenvalue weighted by Gasteiger charge is 2.46. The zero-order valence-corrected chi connectivity index (χ0v) is 13.9. The van der Waals surface area contributed by atoms with Crippen molar-refractivity contribution in [2.75, 3.05) is 13.1 Å². The van der Waals surface area contributed by atoms with Crippen LogP contribution >= 0.6 is 15.9 Å². The van der Waals surface area contributed by atoms with Gasteiger partial charge in [0.15, 0.2) is 0 Å². The van der Waals surface area contributed by atoms with Crippen molar-refractivity contribution in [3.63, 3.8) is 0 Å². The smallest absolute Gasteiger partial charge is 0.0709 e. The Hall–Kier alpha value is -0.390. The van der Waals surface area contributed by atoms with Crippen LogP contribution < -0.4 is 5.73 Å². The fourth-order valence-corrected chi connectivity index (χ4v) is 4.77. The lowest BCUT2D eigenvalue weighted by atomic mass is 9.83. The Bertz CT molecular complexity index is 439. The predicted octanol–water partition coefficient (Wildman–Crippen LogP) is 2.98. The van der Waals surface area contributed by atoms with Crippen molar-refractivity contribution in [1.29, 1.82) is 0 Å². The largest absolute Gasteiger partial charge is 0.321 e. The van der Waals surface area contributed by atoms with Crippen LogP contribution in [0.5, 0.6) is 0 Å². The summed E-state index contributed by atoms with van der Waals surface area (Å²) >= 11 is 3.63. The summed E-state index contributed by atoms with van der Waals surface area (Å²) in [5.74, 6) is 0. The maximum absolute atomic E-state index is 6.78. The van der Waals surface area contributed by atoms with Crippen LogP contribution in [0.4, 0.5) is 0 Å². The lowest BCUT2D eigenvalue weighted by Gasteiger charge is -2.47. The first-order valence-corrected chi connectivity index (χ1v) is 8.62. The van der Waals surface area contributed by atoms with Gasteiger partial charge in [-0.25, -0.2) is 0 Å². The van der Waals surface area contributed by atoms with E-state index < -0.39 is 0 Å². The first kappa shape index (κ1) is 14.5. The molecule has 1 aliphatic heterocycles. The Morgan fingerprint density at radius 2 is 1.85 bits per heavy atom. The number of likely N-dealkylation sites (tertiary alicyclic amines) is 1. The van der Waals surface area contributed by atoms with Crippen LogP contribution in [0.3, 0.4) is 0 Å². The lowest BCUT2D eigenvalue weighted by Crippen LogP contribution is -2.55. The van der Waals surface area contributed by atoms with Gasteiger partial charge in [-0.2, -0.15) is 5.10 Å². The van der Waals surface area contributed by atoms with Crippen molar-refractivity contribution in [1.82, 2.24) is 14.7 Å². The summed E-state index contributed by atoms with van der Waals surface area (Å²) in [5.41, 5.74) is 8.08. The molecule has 2 heterocycles. The third kappa shape index (κ3) is 2.34. The van der Waals surface area contributed by atoms with Crippen molar-refractivity contribution < 1.29 is 0 Å². The van der Waals surface area contributed by atoms with Gasteiger partial charge in [-0.1, -0.05) is 19.3 Å². The molecule has 1 aromatic rings. The monoisotopic (exact) mass is 340 g/mol. The molecule has 1 aromatic heterocycles. The van der Waals surface area contributed by atoms with Crippen LogP contribution in [0, 0.1) is 0 Å². The van der Waals surface area contributed by atoms with Crippen molar-refractivity contribution in [2.24, 2.45) is 12.8 Å². The van der Waals surface area contributed by atoms with Crippen LogP contribution in [-0.2, 0) is 7.05 Å². The molecule has 4 nitrogen and oxygen atoms in total. The number of hydrogen-bond acceptors (Lipinski definition) is 3. The molecule has 1 aliphatic carbocycles. The summed E-state index contributed by atoms with van der Waals surface area (Å²) in [5, 5.41) is 4.36. The summed E-state index contributed by atoms with van der Waals surface area (Å²) in [4.78, 5) is 2.69. The quantitative estimate of drug-likeness (QED) is 0.919. The lowest BCUT2D eigenvalue weighted by molar-refractivity contribution is 0.0454. The molecule has 2 N–H and O–H groups in total. The van der Waals surface area contributed by atoms with Crippen molar-refractivity contribution in [2.45, 2.75) is 56.5 Å². The maximum atomic E-state index is 6.78. The minimum absolute atomic E-state index is 0.0463. The van der Waals surface area contributed by atoms with Crippen LogP contribution in [-0.4, -0.2) is 33.3 Å². The second-order valence-electron chi connectivity index (χ2n) is 6.34. The second kappa shape index (κ2) is 5.78. The van der Waals surface area contributed by atoms with Crippen molar-refractivity contribution >= 4 is 15.9 Å². The minimum atomic E-state index is 0.0463. The molecule has 1 unspecified atom stereocenters. The molecule has 0 bridgehead atoms. The first-order valence-electron chi connectivity index (χ1n) is 7.83. The number of nitrogens with zero attached hydrogens (tertiary/aromatic N) is 3. The van der Waals surface area contributed by atoms with Gasteiger partial charge in [-0.3, -0.25) is 9.58 Å². The summed E-state index contributed by atoms with van der Waals surface area (Å²) in [7, 11) is 2.00. The Morgan fingerprint density at radius 3 is 2.40 bits per heavy atom. The van der Waals surface area contributed by atoms with Crippen LogP contribution in [0.15, 0.2) is 10.7 Å². The van der Waals surface area contributed by atoms with E-state index in [0.29, 0.717) is 0 Å². The number of aryl methyl sites for hydroxylation is 1. The van der Waals surface area contributed by atoms with E-state index in [0.717, 1.165) is 10.2 Å². The van der Waals surface area contributed by atoms with Crippen molar-refractivity contribution in [3.05, 3.63) is 16.4 Å². The van der Waals surface area contributed by atoms with Gasteiger partial charge in [0.2, 0.25) is 0 Å². The van der Waals surface area contributed by atoms with Crippen LogP contribution in [0.25, 0.3) is 0 Å². The van der Waals surface area contributed by atoms with E-state index in [1.54, 1.807) is 0 Å². The predicted molar refractivity (Wildman–Crippen MR) is 84.5 cm³/mol. The second-order valence-corrected chi connectivity index (χ2v) is 7.19. The van der Waals surface area contributed by atoms with Gasteiger partial charge in [0, 0.05) is 12.6 Å². The number of hydrogen-bond donors (Lipinski definition) is 1. The number of nitrogens with two attached hydrogens (primary N) is 1. The van der Waals surface area contributed by atoms with Gasteiger partial charge in [-0.15, -0.1) is 0 Å². The molecule has 2 aliphatic rings. The molecule has 0 aromatic carbocycles. The topological polar surface area (TPSA) is 47.1 Å². The normalized spacial score (nSPS) is 24.9. The molecule has 1 saturated heterocycles.